The number of carbonyl (C=O) groups is 1. The van der Waals surface area contributed by atoms with Gasteiger partial charge in [0.15, 0.2) is 0 Å². The third-order valence-electron chi connectivity index (χ3n) is 5.65. The van der Waals surface area contributed by atoms with Crippen molar-refractivity contribution in [3.8, 4) is 0 Å². The van der Waals surface area contributed by atoms with Gasteiger partial charge < -0.3 is 5.32 Å². The van der Waals surface area contributed by atoms with E-state index < -0.39 is 27.8 Å². The third-order valence-corrected chi connectivity index (χ3v) is 6.89. The Kier molecular flexibility index (Phi) is 6.81. The highest BCUT2D eigenvalue weighted by Gasteiger charge is 2.30. The van der Waals surface area contributed by atoms with E-state index in [-0.39, 0.29) is 11.7 Å². The molecule has 7 heteroatoms. The van der Waals surface area contributed by atoms with Crippen molar-refractivity contribution in [1.82, 2.24) is 5.32 Å². The molecule has 1 aliphatic carbocycles. The molecule has 0 saturated carbocycles. The zero-order chi connectivity index (χ0) is 21.9. The maximum Gasteiger partial charge on any atom is 0.244 e. The Bertz CT molecular complexity index is 1020. The number of sulfonamides is 1. The molecule has 30 heavy (non-hydrogen) atoms. The average Bonchev–Trinajstić information content (AvgIpc) is 2.70. The van der Waals surface area contributed by atoms with Crippen LogP contribution in [0.3, 0.4) is 0 Å². The molecule has 0 radical (unpaired) electrons. The minimum atomic E-state index is -3.79. The summed E-state index contributed by atoms with van der Waals surface area (Å²) in [5.41, 5.74) is 3.85. The fraction of sp³-hybridized carbons (Fsp3) is 0.435. The summed E-state index contributed by atoms with van der Waals surface area (Å²) in [5, 5.41) is 2.99. The molecular weight excluding hydrogens is 403 g/mol. The minimum absolute atomic E-state index is 0.127. The molecule has 5 nitrogen and oxygen atoms in total. The molecule has 2 aromatic rings. The molecule has 0 heterocycles. The number of benzene rings is 2. The van der Waals surface area contributed by atoms with Crippen LogP contribution in [0.2, 0.25) is 0 Å². The molecule has 0 saturated heterocycles. The molecule has 0 spiro atoms. The predicted molar refractivity (Wildman–Crippen MR) is 117 cm³/mol. The second kappa shape index (κ2) is 9.16. The Morgan fingerprint density at radius 3 is 2.47 bits per heavy atom. The number of anilines is 1. The van der Waals surface area contributed by atoms with Crippen LogP contribution < -0.4 is 9.62 Å². The average molecular weight is 433 g/mol. The van der Waals surface area contributed by atoms with Crippen LogP contribution in [0.5, 0.6) is 0 Å². The third kappa shape index (κ3) is 5.01. The van der Waals surface area contributed by atoms with Gasteiger partial charge in [-0.1, -0.05) is 31.2 Å². The first-order valence-corrected chi connectivity index (χ1v) is 12.2. The van der Waals surface area contributed by atoms with Crippen molar-refractivity contribution in [1.29, 1.82) is 0 Å². The highest BCUT2D eigenvalue weighted by molar-refractivity contribution is 7.92. The number of fused-ring (bicyclic) bond motifs is 1. The molecule has 2 atom stereocenters. The van der Waals surface area contributed by atoms with Crippen molar-refractivity contribution >= 4 is 21.6 Å². The monoisotopic (exact) mass is 432 g/mol. The van der Waals surface area contributed by atoms with Crippen molar-refractivity contribution in [3.63, 3.8) is 0 Å². The highest BCUT2D eigenvalue weighted by Crippen LogP contribution is 2.27. The van der Waals surface area contributed by atoms with Crippen molar-refractivity contribution < 1.29 is 17.6 Å². The van der Waals surface area contributed by atoms with Gasteiger partial charge in [-0.3, -0.25) is 9.10 Å². The molecule has 3 rings (SSSR count). The topological polar surface area (TPSA) is 66.5 Å². The lowest BCUT2D eigenvalue weighted by Gasteiger charge is -2.30. The lowest BCUT2D eigenvalue weighted by Crippen LogP contribution is -2.48. The van der Waals surface area contributed by atoms with Crippen LogP contribution in [-0.2, 0) is 27.7 Å². The summed E-state index contributed by atoms with van der Waals surface area (Å²) in [6, 6.07) is 10.4. The molecular formula is C23H29FN2O3S. The quantitative estimate of drug-likeness (QED) is 0.716. The lowest BCUT2D eigenvalue weighted by molar-refractivity contribution is -0.122. The summed E-state index contributed by atoms with van der Waals surface area (Å²) < 4.78 is 39.4. The van der Waals surface area contributed by atoms with Gasteiger partial charge in [0.25, 0.3) is 0 Å². The molecule has 1 N–H and O–H groups in total. The second-order valence-electron chi connectivity index (χ2n) is 7.92. The van der Waals surface area contributed by atoms with Crippen LogP contribution >= 0.6 is 0 Å². The van der Waals surface area contributed by atoms with E-state index in [1.54, 1.807) is 0 Å². The van der Waals surface area contributed by atoms with E-state index in [9.17, 15) is 17.6 Å². The first-order chi connectivity index (χ1) is 14.2. The lowest BCUT2D eigenvalue weighted by atomic mass is 9.88. The molecule has 0 aromatic heterocycles. The van der Waals surface area contributed by atoms with E-state index in [1.807, 2.05) is 13.0 Å². The number of halogens is 1. The number of hydrogen-bond donors (Lipinski definition) is 1. The van der Waals surface area contributed by atoms with E-state index >= 15 is 0 Å². The number of nitrogens with one attached hydrogen (secondary N) is 1. The largest absolute Gasteiger partial charge is 0.347 e. The number of nitrogens with zero attached hydrogens (tertiary/aromatic N) is 1. The number of rotatable bonds is 7. The molecule has 0 bridgehead atoms. The zero-order valence-corrected chi connectivity index (χ0v) is 18.5. The molecule has 0 fully saturated rings. The van der Waals surface area contributed by atoms with Gasteiger partial charge in [-0.25, -0.2) is 12.8 Å². The Morgan fingerprint density at radius 2 is 1.83 bits per heavy atom. The predicted octanol–water partition coefficient (Wildman–Crippen LogP) is 4.13. The molecule has 1 amide bonds. The summed E-state index contributed by atoms with van der Waals surface area (Å²) in [6.45, 7) is 3.50. The van der Waals surface area contributed by atoms with Gasteiger partial charge in [-0.05, 0) is 73.9 Å². The number of amides is 1. The summed E-state index contributed by atoms with van der Waals surface area (Å²) in [6.07, 6.45) is 6.21. The Balaban J connectivity index is 1.83. The molecule has 0 aliphatic heterocycles. The number of carbonyl (C=O) groups excluding carboxylic acids is 1. The molecule has 1 aliphatic rings. The van der Waals surface area contributed by atoms with E-state index in [4.69, 9.17) is 0 Å². The van der Waals surface area contributed by atoms with Crippen LogP contribution in [0.4, 0.5) is 10.1 Å². The van der Waals surface area contributed by atoms with Gasteiger partial charge in [0.2, 0.25) is 15.9 Å². The van der Waals surface area contributed by atoms with Crippen LogP contribution in [0.15, 0.2) is 42.5 Å². The van der Waals surface area contributed by atoms with Crippen LogP contribution in [0, 0.1) is 5.82 Å². The van der Waals surface area contributed by atoms with Gasteiger partial charge >= 0.3 is 0 Å². The fourth-order valence-corrected chi connectivity index (χ4v) is 5.27. The summed E-state index contributed by atoms with van der Waals surface area (Å²) in [5.74, 6) is -0.983. The maximum atomic E-state index is 13.7. The van der Waals surface area contributed by atoms with Crippen LogP contribution in [-0.4, -0.2) is 26.6 Å². The van der Waals surface area contributed by atoms with Gasteiger partial charge in [-0.15, -0.1) is 0 Å². The van der Waals surface area contributed by atoms with E-state index in [2.05, 4.69) is 17.4 Å². The molecule has 162 valence electrons. The normalized spacial score (nSPS) is 15.7. The van der Waals surface area contributed by atoms with E-state index in [0.29, 0.717) is 6.42 Å². The van der Waals surface area contributed by atoms with Gasteiger partial charge in [0, 0.05) is 0 Å². The Labute approximate surface area is 178 Å². The van der Waals surface area contributed by atoms with Gasteiger partial charge in [0.1, 0.15) is 11.9 Å². The summed E-state index contributed by atoms with van der Waals surface area (Å²) in [4.78, 5) is 13.0. The number of aryl methyl sites for hydroxylation is 2. The standard InChI is InChI=1S/C23H29FN2O3S/c1-4-22(19-13-12-17-8-5-6-9-18(17)14-19)25-23(27)16(2)26(30(3,28)29)21-11-7-10-20(24)15-21/h7,10-16,22H,4-6,8-9H2,1-3H3,(H,25,27)/t16-,22-/m0/s1. The van der Waals surface area contributed by atoms with Crippen LogP contribution in [0.25, 0.3) is 0 Å². The van der Waals surface area contributed by atoms with Crippen molar-refractivity contribution in [2.75, 3.05) is 10.6 Å². The van der Waals surface area contributed by atoms with Crippen LogP contribution in [0.1, 0.15) is 55.8 Å². The Hall–Kier alpha value is -2.41. The molecule has 0 unspecified atom stereocenters. The first kappa shape index (κ1) is 22.3. The van der Waals surface area contributed by atoms with E-state index in [0.717, 1.165) is 35.0 Å². The minimum Gasteiger partial charge on any atom is -0.347 e. The smallest absolute Gasteiger partial charge is 0.244 e. The summed E-state index contributed by atoms with van der Waals surface area (Å²) in [7, 11) is -3.79. The summed E-state index contributed by atoms with van der Waals surface area (Å²) >= 11 is 0. The second-order valence-corrected chi connectivity index (χ2v) is 9.78. The fourth-order valence-electron chi connectivity index (χ4n) is 4.11. The van der Waals surface area contributed by atoms with Gasteiger partial charge in [-0.2, -0.15) is 0 Å². The molecule has 2 aromatic carbocycles. The highest BCUT2D eigenvalue weighted by atomic mass is 32.2. The van der Waals surface area contributed by atoms with Gasteiger partial charge in [0.05, 0.1) is 18.0 Å². The SMILES string of the molecule is CC[C@H](NC(=O)[C@H](C)N(c1cccc(F)c1)S(C)(=O)=O)c1ccc2c(c1)CCCC2. The first-order valence-electron chi connectivity index (χ1n) is 10.4. The van der Waals surface area contributed by atoms with Crippen molar-refractivity contribution in [2.24, 2.45) is 0 Å². The zero-order valence-electron chi connectivity index (χ0n) is 17.7. The Morgan fingerprint density at radius 1 is 1.13 bits per heavy atom. The van der Waals surface area contributed by atoms with E-state index in [1.165, 1.54) is 49.1 Å². The van der Waals surface area contributed by atoms with Crippen molar-refractivity contribution in [3.05, 3.63) is 65.0 Å². The van der Waals surface area contributed by atoms with Crippen molar-refractivity contribution in [2.45, 2.75) is 58.0 Å². The number of hydrogen-bond acceptors (Lipinski definition) is 3. The maximum absolute atomic E-state index is 13.7.